The van der Waals surface area contributed by atoms with Gasteiger partial charge in [-0.3, -0.25) is 9.59 Å². The number of hydrogen-bond acceptors (Lipinski definition) is 5. The molecule has 0 bridgehead atoms. The Balaban J connectivity index is 2.05. The van der Waals surface area contributed by atoms with E-state index in [-0.39, 0.29) is 35.8 Å². The van der Waals surface area contributed by atoms with Crippen LogP contribution in [0.4, 0.5) is 0 Å². The Labute approximate surface area is 166 Å². The molecule has 1 atom stereocenters. The highest BCUT2D eigenvalue weighted by molar-refractivity contribution is 7.89. The van der Waals surface area contributed by atoms with E-state index in [0.29, 0.717) is 25.1 Å². The van der Waals surface area contributed by atoms with Crippen molar-refractivity contribution in [1.29, 1.82) is 0 Å². The molecule has 28 heavy (non-hydrogen) atoms. The second kappa shape index (κ2) is 9.38. The van der Waals surface area contributed by atoms with E-state index in [9.17, 15) is 18.0 Å². The second-order valence-electron chi connectivity index (χ2n) is 7.29. The van der Waals surface area contributed by atoms with Gasteiger partial charge in [0.1, 0.15) is 5.75 Å². The largest absolute Gasteiger partial charge is 0.497 e. The lowest BCUT2D eigenvalue weighted by Crippen LogP contribution is -2.48. The zero-order valence-electron chi connectivity index (χ0n) is 16.8. The first-order chi connectivity index (χ1) is 13.1. The third-order valence-electron chi connectivity index (χ3n) is 4.64. The van der Waals surface area contributed by atoms with Crippen LogP contribution in [-0.2, 0) is 19.6 Å². The van der Waals surface area contributed by atoms with E-state index in [4.69, 9.17) is 4.74 Å². The molecule has 0 aromatic heterocycles. The Hall–Kier alpha value is -2.13. The third-order valence-corrected chi connectivity index (χ3v) is 6.52. The number of nitrogens with zero attached hydrogens (tertiary/aromatic N) is 2. The van der Waals surface area contributed by atoms with Crippen LogP contribution < -0.4 is 10.1 Å². The molecule has 1 aliphatic heterocycles. The Morgan fingerprint density at radius 1 is 1.29 bits per heavy atom. The van der Waals surface area contributed by atoms with Crippen LogP contribution in [0.5, 0.6) is 5.75 Å². The average molecular weight is 412 g/mol. The SMILES string of the molecule is COc1ccc(S(=O)(=O)N2CCC[C@@H](C(=O)N(C)CC(=O)NC(C)C)C2)cc1. The average Bonchev–Trinajstić information content (AvgIpc) is 2.66. The minimum atomic E-state index is -3.69. The zero-order valence-corrected chi connectivity index (χ0v) is 17.7. The summed E-state index contributed by atoms with van der Waals surface area (Å²) in [4.78, 5) is 26.1. The lowest BCUT2D eigenvalue weighted by molar-refractivity contribution is -0.139. The molecule has 2 amide bonds. The summed E-state index contributed by atoms with van der Waals surface area (Å²) in [6.07, 6.45) is 1.20. The van der Waals surface area contributed by atoms with Crippen LogP contribution in [0.1, 0.15) is 26.7 Å². The summed E-state index contributed by atoms with van der Waals surface area (Å²) in [5.74, 6) is -0.330. The first-order valence-electron chi connectivity index (χ1n) is 9.33. The van der Waals surface area contributed by atoms with Gasteiger partial charge in [0.05, 0.1) is 24.5 Å². The maximum Gasteiger partial charge on any atom is 0.243 e. The fourth-order valence-electron chi connectivity index (χ4n) is 3.23. The number of rotatable bonds is 7. The first-order valence-corrected chi connectivity index (χ1v) is 10.8. The molecule has 1 N–H and O–H groups in total. The number of hydrogen-bond donors (Lipinski definition) is 1. The molecule has 1 aliphatic rings. The van der Waals surface area contributed by atoms with Crippen LogP contribution in [0.3, 0.4) is 0 Å². The van der Waals surface area contributed by atoms with E-state index in [1.54, 1.807) is 19.2 Å². The number of carbonyl (C=O) groups excluding carboxylic acids is 2. The summed E-state index contributed by atoms with van der Waals surface area (Å²) in [5, 5.41) is 2.75. The van der Waals surface area contributed by atoms with Crippen molar-refractivity contribution in [1.82, 2.24) is 14.5 Å². The van der Waals surface area contributed by atoms with Crippen molar-refractivity contribution >= 4 is 21.8 Å². The number of sulfonamides is 1. The van der Waals surface area contributed by atoms with Crippen LogP contribution in [0.25, 0.3) is 0 Å². The van der Waals surface area contributed by atoms with Crippen molar-refractivity contribution in [2.75, 3.05) is 33.8 Å². The highest BCUT2D eigenvalue weighted by Gasteiger charge is 2.34. The van der Waals surface area contributed by atoms with Crippen molar-refractivity contribution in [2.45, 2.75) is 37.6 Å². The van der Waals surface area contributed by atoms with Gasteiger partial charge in [0.2, 0.25) is 21.8 Å². The monoisotopic (exact) mass is 411 g/mol. The van der Waals surface area contributed by atoms with Crippen molar-refractivity contribution in [3.05, 3.63) is 24.3 Å². The standard InChI is InChI=1S/C19H29N3O5S/c1-14(2)20-18(23)13-21(3)19(24)15-6-5-11-22(12-15)28(25,26)17-9-7-16(27-4)8-10-17/h7-10,14-15H,5-6,11-13H2,1-4H3,(H,20,23)/t15-/m1/s1. The number of amides is 2. The van der Waals surface area contributed by atoms with E-state index < -0.39 is 15.9 Å². The van der Waals surface area contributed by atoms with E-state index in [0.717, 1.165) is 0 Å². The molecule has 1 saturated heterocycles. The van der Waals surface area contributed by atoms with Crippen molar-refractivity contribution in [3.8, 4) is 5.75 Å². The van der Waals surface area contributed by atoms with Crippen LogP contribution >= 0.6 is 0 Å². The topological polar surface area (TPSA) is 96.0 Å². The maximum atomic E-state index is 12.9. The zero-order chi connectivity index (χ0) is 20.9. The van der Waals surface area contributed by atoms with Crippen LogP contribution in [0, 0.1) is 5.92 Å². The number of nitrogens with one attached hydrogen (secondary N) is 1. The van der Waals surface area contributed by atoms with E-state index >= 15 is 0 Å². The van der Waals surface area contributed by atoms with Gasteiger partial charge in [-0.05, 0) is 51.0 Å². The smallest absolute Gasteiger partial charge is 0.243 e. The number of likely N-dealkylation sites (N-methyl/N-ethyl adjacent to an activating group) is 1. The van der Waals surface area contributed by atoms with Gasteiger partial charge in [-0.2, -0.15) is 4.31 Å². The molecule has 0 aliphatic carbocycles. The molecular weight excluding hydrogens is 382 g/mol. The summed E-state index contributed by atoms with van der Waals surface area (Å²) >= 11 is 0. The lowest BCUT2D eigenvalue weighted by atomic mass is 9.98. The molecule has 156 valence electrons. The number of benzene rings is 1. The van der Waals surface area contributed by atoms with Gasteiger partial charge < -0.3 is 15.0 Å². The molecule has 9 heteroatoms. The Bertz CT molecular complexity index is 792. The summed E-state index contributed by atoms with van der Waals surface area (Å²) in [6, 6.07) is 6.20. The van der Waals surface area contributed by atoms with E-state index in [2.05, 4.69) is 5.32 Å². The fourth-order valence-corrected chi connectivity index (χ4v) is 4.76. The summed E-state index contributed by atoms with van der Waals surface area (Å²) in [5.41, 5.74) is 0. The number of methoxy groups -OCH3 is 1. The summed E-state index contributed by atoms with van der Waals surface area (Å²) in [6.45, 7) is 4.14. The summed E-state index contributed by atoms with van der Waals surface area (Å²) < 4.78 is 32.3. The highest BCUT2D eigenvalue weighted by Crippen LogP contribution is 2.26. The van der Waals surface area contributed by atoms with Crippen LogP contribution in [0.15, 0.2) is 29.2 Å². The van der Waals surface area contributed by atoms with Gasteiger partial charge in [-0.1, -0.05) is 0 Å². The molecule has 0 unspecified atom stereocenters. The molecule has 0 spiro atoms. The molecular formula is C19H29N3O5S. The van der Waals surface area contributed by atoms with Gasteiger partial charge in [-0.15, -0.1) is 0 Å². The number of piperidine rings is 1. The Morgan fingerprint density at radius 3 is 2.50 bits per heavy atom. The molecule has 1 fully saturated rings. The molecule has 1 aromatic rings. The molecule has 1 aromatic carbocycles. The molecule has 0 saturated carbocycles. The van der Waals surface area contributed by atoms with E-state index in [1.807, 2.05) is 13.8 Å². The first kappa shape index (κ1) is 22.2. The number of ether oxygens (including phenoxy) is 1. The minimum absolute atomic E-state index is 0.00388. The van der Waals surface area contributed by atoms with Crippen molar-refractivity contribution in [3.63, 3.8) is 0 Å². The molecule has 1 heterocycles. The quantitative estimate of drug-likeness (QED) is 0.724. The maximum absolute atomic E-state index is 12.9. The highest BCUT2D eigenvalue weighted by atomic mass is 32.2. The fraction of sp³-hybridized carbons (Fsp3) is 0.579. The Kier molecular flexibility index (Phi) is 7.42. The molecule has 2 rings (SSSR count). The Morgan fingerprint density at radius 2 is 1.93 bits per heavy atom. The van der Waals surface area contributed by atoms with Crippen LogP contribution in [0.2, 0.25) is 0 Å². The van der Waals surface area contributed by atoms with Crippen molar-refractivity contribution in [2.24, 2.45) is 5.92 Å². The minimum Gasteiger partial charge on any atom is -0.497 e. The predicted octanol–water partition coefficient (Wildman–Crippen LogP) is 1.08. The lowest BCUT2D eigenvalue weighted by Gasteiger charge is -2.33. The van der Waals surface area contributed by atoms with Crippen LogP contribution in [-0.4, -0.2) is 69.3 Å². The molecule has 0 radical (unpaired) electrons. The number of carbonyl (C=O) groups is 2. The second-order valence-corrected chi connectivity index (χ2v) is 9.23. The summed E-state index contributed by atoms with van der Waals surface area (Å²) in [7, 11) is -0.606. The third kappa shape index (κ3) is 5.45. The van der Waals surface area contributed by atoms with E-state index in [1.165, 1.54) is 28.4 Å². The van der Waals surface area contributed by atoms with Gasteiger partial charge in [-0.25, -0.2) is 8.42 Å². The van der Waals surface area contributed by atoms with Crippen molar-refractivity contribution < 1.29 is 22.7 Å². The van der Waals surface area contributed by atoms with Gasteiger partial charge in [0, 0.05) is 26.2 Å². The van der Waals surface area contributed by atoms with Gasteiger partial charge in [0.25, 0.3) is 0 Å². The molecule has 8 nitrogen and oxygen atoms in total. The van der Waals surface area contributed by atoms with Gasteiger partial charge >= 0.3 is 0 Å². The van der Waals surface area contributed by atoms with Gasteiger partial charge in [0.15, 0.2) is 0 Å². The predicted molar refractivity (Wildman–Crippen MR) is 105 cm³/mol. The normalized spacial score (nSPS) is 18.0.